The predicted octanol–water partition coefficient (Wildman–Crippen LogP) is -0.506. The minimum absolute atomic E-state index is 0.136. The highest BCUT2D eigenvalue weighted by molar-refractivity contribution is 5.45. The van der Waals surface area contributed by atoms with E-state index in [1.807, 2.05) is 0 Å². The summed E-state index contributed by atoms with van der Waals surface area (Å²) in [5.74, 6) is 0.608. The third-order valence-electron chi connectivity index (χ3n) is 2.05. The van der Waals surface area contributed by atoms with Crippen molar-refractivity contribution in [3.05, 3.63) is 24.5 Å². The van der Waals surface area contributed by atoms with Gasteiger partial charge < -0.3 is 15.5 Å². The van der Waals surface area contributed by atoms with E-state index in [9.17, 15) is 0 Å². The Balaban J connectivity index is 2.20. The van der Waals surface area contributed by atoms with Gasteiger partial charge in [0.2, 0.25) is 0 Å². The van der Waals surface area contributed by atoms with E-state index in [0.29, 0.717) is 5.82 Å². The molecule has 0 aromatic carbocycles. The van der Waals surface area contributed by atoms with Gasteiger partial charge in [-0.15, -0.1) is 0 Å². The van der Waals surface area contributed by atoms with Crippen LogP contribution < -0.4 is 5.32 Å². The van der Waals surface area contributed by atoms with Crippen LogP contribution in [-0.4, -0.2) is 44.1 Å². The number of aliphatic hydroxyl groups excluding tert-OH is 2. The van der Waals surface area contributed by atoms with E-state index in [1.165, 1.54) is 0 Å². The molecule has 2 aromatic rings. The normalized spacial score (nSPS) is 11.1. The van der Waals surface area contributed by atoms with Crippen LogP contribution >= 0.6 is 0 Å². The molecule has 80 valence electrons. The number of nitrogens with one attached hydrogen (secondary N) is 1. The molecule has 2 heterocycles. The van der Waals surface area contributed by atoms with Crippen LogP contribution in [0.1, 0.15) is 0 Å². The van der Waals surface area contributed by atoms with Gasteiger partial charge in [0.1, 0.15) is 5.82 Å². The summed E-state index contributed by atoms with van der Waals surface area (Å²) in [5, 5.41) is 24.7. The van der Waals surface area contributed by atoms with E-state index in [0.717, 1.165) is 5.65 Å². The maximum atomic E-state index is 8.89. The van der Waals surface area contributed by atoms with Gasteiger partial charge in [0.05, 0.1) is 25.5 Å². The molecule has 0 unspecified atom stereocenters. The van der Waals surface area contributed by atoms with Crippen molar-refractivity contribution in [2.75, 3.05) is 18.5 Å². The highest BCUT2D eigenvalue weighted by atomic mass is 16.3. The number of fused-ring (bicyclic) bond motifs is 1. The first-order valence-electron chi connectivity index (χ1n) is 4.62. The van der Waals surface area contributed by atoms with E-state index >= 15 is 0 Å². The molecule has 0 saturated carbocycles. The van der Waals surface area contributed by atoms with Crippen molar-refractivity contribution in [3.8, 4) is 0 Å². The third kappa shape index (κ3) is 2.05. The Kier molecular flexibility index (Phi) is 2.79. The Morgan fingerprint density at radius 3 is 2.87 bits per heavy atom. The van der Waals surface area contributed by atoms with Crippen LogP contribution in [0.15, 0.2) is 24.5 Å². The summed E-state index contributed by atoms with van der Waals surface area (Å²) >= 11 is 0. The van der Waals surface area contributed by atoms with Gasteiger partial charge in [0.15, 0.2) is 5.65 Å². The number of aromatic nitrogens is 3. The molecule has 0 fully saturated rings. The van der Waals surface area contributed by atoms with Gasteiger partial charge in [-0.25, -0.2) is 9.50 Å². The molecule has 0 saturated heterocycles. The molecule has 3 N–H and O–H groups in total. The summed E-state index contributed by atoms with van der Waals surface area (Å²) in [5.41, 5.74) is 0.717. The molecular formula is C9H12N4O2. The largest absolute Gasteiger partial charge is 0.394 e. The van der Waals surface area contributed by atoms with E-state index in [-0.39, 0.29) is 19.3 Å². The summed E-state index contributed by atoms with van der Waals surface area (Å²) in [7, 11) is 0. The molecule has 6 nitrogen and oxygen atoms in total. The maximum Gasteiger partial charge on any atom is 0.157 e. The standard InChI is InChI=1S/C9H12N4O2/c14-5-7(6-15)11-8-2-4-13-9(12-8)1-3-10-13/h1-4,7,14-15H,5-6H2,(H,11,12). The van der Waals surface area contributed by atoms with Gasteiger partial charge in [-0.05, 0) is 6.07 Å². The second-order valence-electron chi connectivity index (χ2n) is 3.15. The Morgan fingerprint density at radius 1 is 1.33 bits per heavy atom. The number of hydrogen-bond acceptors (Lipinski definition) is 5. The third-order valence-corrected chi connectivity index (χ3v) is 2.05. The van der Waals surface area contributed by atoms with Gasteiger partial charge in [0.25, 0.3) is 0 Å². The molecule has 0 aliphatic rings. The van der Waals surface area contributed by atoms with E-state index < -0.39 is 0 Å². The molecule has 0 atom stereocenters. The zero-order chi connectivity index (χ0) is 10.7. The molecule has 0 aliphatic carbocycles. The van der Waals surface area contributed by atoms with Crippen molar-refractivity contribution >= 4 is 11.5 Å². The van der Waals surface area contributed by atoms with Crippen molar-refractivity contribution in [3.63, 3.8) is 0 Å². The van der Waals surface area contributed by atoms with E-state index in [1.54, 1.807) is 29.0 Å². The minimum atomic E-state index is -0.386. The topological polar surface area (TPSA) is 82.7 Å². The molecule has 15 heavy (non-hydrogen) atoms. The van der Waals surface area contributed by atoms with Crippen LogP contribution in [0.25, 0.3) is 5.65 Å². The summed E-state index contributed by atoms with van der Waals surface area (Å²) in [6, 6.07) is 3.12. The lowest BCUT2D eigenvalue weighted by molar-refractivity contribution is 0.203. The molecule has 0 amide bonds. The molecule has 0 spiro atoms. The fourth-order valence-corrected chi connectivity index (χ4v) is 1.25. The average Bonchev–Trinajstić information content (AvgIpc) is 2.73. The quantitative estimate of drug-likeness (QED) is 0.630. The Hall–Kier alpha value is -1.66. The van der Waals surface area contributed by atoms with Gasteiger partial charge in [-0.1, -0.05) is 0 Å². The van der Waals surface area contributed by atoms with Crippen LogP contribution in [0.2, 0.25) is 0 Å². The molecule has 0 bridgehead atoms. The number of aliphatic hydroxyl groups is 2. The van der Waals surface area contributed by atoms with E-state index in [4.69, 9.17) is 10.2 Å². The lowest BCUT2D eigenvalue weighted by atomic mass is 10.3. The molecule has 2 rings (SSSR count). The number of rotatable bonds is 4. The summed E-state index contributed by atoms with van der Waals surface area (Å²) < 4.78 is 1.64. The highest BCUT2D eigenvalue weighted by Crippen LogP contribution is 2.06. The van der Waals surface area contributed by atoms with Crippen molar-refractivity contribution in [2.45, 2.75) is 6.04 Å². The van der Waals surface area contributed by atoms with Crippen LogP contribution in [0, 0.1) is 0 Å². The first-order valence-corrected chi connectivity index (χ1v) is 4.62. The van der Waals surface area contributed by atoms with Crippen LogP contribution in [-0.2, 0) is 0 Å². The highest BCUT2D eigenvalue weighted by Gasteiger charge is 2.06. The smallest absolute Gasteiger partial charge is 0.157 e. The fraction of sp³-hybridized carbons (Fsp3) is 0.333. The minimum Gasteiger partial charge on any atom is -0.394 e. The molecule has 0 radical (unpaired) electrons. The molecule has 2 aromatic heterocycles. The maximum absolute atomic E-state index is 8.89. The summed E-state index contributed by atoms with van der Waals surface area (Å²) in [4.78, 5) is 4.24. The predicted molar refractivity (Wildman–Crippen MR) is 54.6 cm³/mol. The van der Waals surface area contributed by atoms with E-state index in [2.05, 4.69) is 15.4 Å². The Morgan fingerprint density at radius 2 is 2.13 bits per heavy atom. The van der Waals surface area contributed by atoms with Gasteiger partial charge in [0, 0.05) is 12.3 Å². The van der Waals surface area contributed by atoms with Crippen molar-refractivity contribution in [1.29, 1.82) is 0 Å². The van der Waals surface area contributed by atoms with Crippen molar-refractivity contribution < 1.29 is 10.2 Å². The summed E-state index contributed by atoms with van der Waals surface area (Å²) in [6.45, 7) is -0.273. The molecule has 0 aliphatic heterocycles. The van der Waals surface area contributed by atoms with Gasteiger partial charge >= 0.3 is 0 Å². The summed E-state index contributed by atoms with van der Waals surface area (Å²) in [6.07, 6.45) is 3.41. The lowest BCUT2D eigenvalue weighted by Crippen LogP contribution is -2.28. The number of nitrogens with zero attached hydrogens (tertiary/aromatic N) is 3. The molecular weight excluding hydrogens is 196 g/mol. The van der Waals surface area contributed by atoms with Crippen LogP contribution in [0.3, 0.4) is 0 Å². The first kappa shape index (κ1) is 9.88. The second kappa shape index (κ2) is 4.24. The zero-order valence-electron chi connectivity index (χ0n) is 8.04. The van der Waals surface area contributed by atoms with Crippen molar-refractivity contribution in [1.82, 2.24) is 14.6 Å². The Labute approximate surface area is 86.2 Å². The second-order valence-corrected chi connectivity index (χ2v) is 3.15. The SMILES string of the molecule is OCC(CO)Nc1ccn2nccc2n1. The lowest BCUT2D eigenvalue weighted by Gasteiger charge is -2.13. The average molecular weight is 208 g/mol. The van der Waals surface area contributed by atoms with Crippen LogP contribution in [0.4, 0.5) is 5.82 Å². The van der Waals surface area contributed by atoms with Crippen LogP contribution in [0.5, 0.6) is 0 Å². The zero-order valence-corrected chi connectivity index (χ0v) is 8.04. The van der Waals surface area contributed by atoms with Gasteiger partial charge in [-0.2, -0.15) is 5.10 Å². The Bertz CT molecular complexity index is 438. The van der Waals surface area contributed by atoms with Gasteiger partial charge in [-0.3, -0.25) is 0 Å². The first-order chi connectivity index (χ1) is 7.33. The molecule has 6 heteroatoms. The number of hydrogen-bond donors (Lipinski definition) is 3. The number of anilines is 1. The monoisotopic (exact) mass is 208 g/mol. The van der Waals surface area contributed by atoms with Crippen molar-refractivity contribution in [2.24, 2.45) is 0 Å². The fourth-order valence-electron chi connectivity index (χ4n) is 1.25.